The van der Waals surface area contributed by atoms with E-state index in [1.807, 2.05) is 0 Å². The molecule has 1 atom stereocenters. The Kier molecular flexibility index (Phi) is 6.29. The zero-order chi connectivity index (χ0) is 19.4. The number of anilines is 1. The maximum Gasteiger partial charge on any atom is 0.269 e. The molecule has 0 radical (unpaired) electrons. The van der Waals surface area contributed by atoms with Crippen LogP contribution in [-0.4, -0.2) is 84.4 Å². The second-order valence-corrected chi connectivity index (χ2v) is 7.12. The van der Waals surface area contributed by atoms with Crippen LogP contribution in [0.5, 0.6) is 0 Å². The number of hydrogen-bond donors (Lipinski definition) is 1. The van der Waals surface area contributed by atoms with Gasteiger partial charge in [0.15, 0.2) is 0 Å². The van der Waals surface area contributed by atoms with Crippen LogP contribution in [0.15, 0.2) is 18.2 Å². The number of aliphatic hydroxyl groups is 1. The molecule has 0 aliphatic carbocycles. The maximum absolute atomic E-state index is 11.1. The Labute approximate surface area is 160 Å². The highest BCUT2D eigenvalue weighted by molar-refractivity contribution is 5.59. The van der Waals surface area contributed by atoms with Gasteiger partial charge in [-0.25, -0.2) is 10.0 Å². The molecule has 2 aliphatic heterocycles. The Balaban J connectivity index is 1.71. The number of nitrogens with zero attached hydrogens (tertiary/aromatic N) is 5. The second-order valence-electron chi connectivity index (χ2n) is 7.12. The summed E-state index contributed by atoms with van der Waals surface area (Å²) < 4.78 is 0. The molecule has 2 heterocycles. The number of non-ortho nitro benzene ring substituents is 1. The summed E-state index contributed by atoms with van der Waals surface area (Å²) in [6, 6.07) is 4.68. The van der Waals surface area contributed by atoms with Crippen LogP contribution in [-0.2, 0) is 0 Å². The van der Waals surface area contributed by atoms with E-state index in [-0.39, 0.29) is 12.1 Å². The van der Waals surface area contributed by atoms with Crippen molar-refractivity contribution in [1.82, 2.24) is 14.9 Å². The summed E-state index contributed by atoms with van der Waals surface area (Å²) in [5.74, 6) is 2.44. The standard InChI is InChI=1S/C19H27N5O3/c1-3-4-19(25)17-15-16(24(26)27)5-6-18(17)21-9-13-23(14-10-21)22-11-7-20(2)8-12-22/h1,5-6,15,19,25H,4,7-14H2,2H3. The molecule has 8 heteroatoms. The lowest BCUT2D eigenvalue weighted by Gasteiger charge is -2.45. The van der Waals surface area contributed by atoms with Gasteiger partial charge in [-0.2, -0.15) is 0 Å². The molecule has 0 aromatic heterocycles. The average molecular weight is 373 g/mol. The quantitative estimate of drug-likeness (QED) is 0.468. The average Bonchev–Trinajstić information content (AvgIpc) is 2.68. The summed E-state index contributed by atoms with van der Waals surface area (Å²) in [6.07, 6.45) is 4.56. The minimum atomic E-state index is -0.902. The Bertz CT molecular complexity index is 704. The normalized spacial score (nSPS) is 21.0. The van der Waals surface area contributed by atoms with Crippen LogP contribution in [0.3, 0.4) is 0 Å². The molecule has 3 rings (SSSR count). The smallest absolute Gasteiger partial charge is 0.269 e. The van der Waals surface area contributed by atoms with Gasteiger partial charge in [0.1, 0.15) is 0 Å². The third kappa shape index (κ3) is 4.57. The van der Waals surface area contributed by atoms with Crippen LogP contribution in [0.1, 0.15) is 18.1 Å². The summed E-state index contributed by atoms with van der Waals surface area (Å²) in [5, 5.41) is 26.3. The van der Waals surface area contributed by atoms with Crippen molar-refractivity contribution in [2.45, 2.75) is 12.5 Å². The molecule has 146 valence electrons. The summed E-state index contributed by atoms with van der Waals surface area (Å²) >= 11 is 0. The lowest BCUT2D eigenvalue weighted by molar-refractivity contribution is -0.385. The van der Waals surface area contributed by atoms with Gasteiger partial charge < -0.3 is 14.9 Å². The molecule has 1 aromatic rings. The van der Waals surface area contributed by atoms with Crippen molar-refractivity contribution >= 4 is 11.4 Å². The van der Waals surface area contributed by atoms with Crippen molar-refractivity contribution < 1.29 is 10.0 Å². The minimum Gasteiger partial charge on any atom is -0.387 e. The van der Waals surface area contributed by atoms with Gasteiger partial charge >= 0.3 is 0 Å². The molecular formula is C19H27N5O3. The predicted molar refractivity (Wildman–Crippen MR) is 104 cm³/mol. The van der Waals surface area contributed by atoms with E-state index in [0.29, 0.717) is 5.56 Å². The SMILES string of the molecule is C#CCC(O)c1cc([N+](=O)[O-])ccc1N1CCN(N2CCN(C)CC2)CC1. The highest BCUT2D eigenvalue weighted by Gasteiger charge is 2.27. The van der Waals surface area contributed by atoms with E-state index < -0.39 is 11.0 Å². The molecule has 0 amide bonds. The number of aliphatic hydroxyl groups excluding tert-OH is 1. The summed E-state index contributed by atoms with van der Waals surface area (Å²) in [6.45, 7) is 7.63. The van der Waals surface area contributed by atoms with Gasteiger partial charge in [-0.05, 0) is 13.1 Å². The molecule has 0 saturated carbocycles. The Morgan fingerprint density at radius 2 is 1.74 bits per heavy atom. The highest BCUT2D eigenvalue weighted by Crippen LogP contribution is 2.32. The predicted octanol–water partition coefficient (Wildman–Crippen LogP) is 0.936. The Morgan fingerprint density at radius 1 is 1.15 bits per heavy atom. The van der Waals surface area contributed by atoms with Crippen LogP contribution in [0.4, 0.5) is 11.4 Å². The van der Waals surface area contributed by atoms with Gasteiger partial charge in [0, 0.05) is 82.2 Å². The van der Waals surface area contributed by atoms with Gasteiger partial charge in [0.25, 0.3) is 5.69 Å². The van der Waals surface area contributed by atoms with Gasteiger partial charge in [0.2, 0.25) is 0 Å². The number of likely N-dealkylation sites (N-methyl/N-ethyl adjacent to an activating group) is 1. The van der Waals surface area contributed by atoms with Crippen LogP contribution >= 0.6 is 0 Å². The summed E-state index contributed by atoms with van der Waals surface area (Å²) in [7, 11) is 2.15. The molecular weight excluding hydrogens is 346 g/mol. The van der Waals surface area contributed by atoms with E-state index in [9.17, 15) is 15.2 Å². The first-order valence-corrected chi connectivity index (χ1v) is 9.32. The molecule has 0 spiro atoms. The van der Waals surface area contributed by atoms with Gasteiger partial charge in [-0.15, -0.1) is 12.3 Å². The molecule has 0 bridgehead atoms. The third-order valence-corrected chi connectivity index (χ3v) is 5.37. The highest BCUT2D eigenvalue weighted by atomic mass is 16.6. The molecule has 27 heavy (non-hydrogen) atoms. The summed E-state index contributed by atoms with van der Waals surface area (Å²) in [4.78, 5) is 15.2. The Hall–Kier alpha value is -2.18. The fourth-order valence-corrected chi connectivity index (χ4v) is 3.73. The van der Waals surface area contributed by atoms with E-state index in [2.05, 4.69) is 32.8 Å². The van der Waals surface area contributed by atoms with Crippen molar-refractivity contribution in [3.63, 3.8) is 0 Å². The first kappa shape index (κ1) is 19.6. The van der Waals surface area contributed by atoms with Gasteiger partial charge in [0.05, 0.1) is 11.0 Å². The van der Waals surface area contributed by atoms with Gasteiger partial charge in [-0.1, -0.05) is 0 Å². The topological polar surface area (TPSA) is 76.3 Å². The van der Waals surface area contributed by atoms with E-state index in [0.717, 1.165) is 58.0 Å². The third-order valence-electron chi connectivity index (χ3n) is 5.37. The molecule has 1 N–H and O–H groups in total. The molecule has 1 aromatic carbocycles. The number of terminal acetylenes is 1. The van der Waals surface area contributed by atoms with Crippen molar-refractivity contribution in [2.75, 3.05) is 64.3 Å². The van der Waals surface area contributed by atoms with Crippen LogP contribution in [0, 0.1) is 22.5 Å². The minimum absolute atomic E-state index is 0.0270. The van der Waals surface area contributed by atoms with E-state index >= 15 is 0 Å². The number of nitro benzene ring substituents is 1. The first-order chi connectivity index (χ1) is 13.0. The molecule has 2 fully saturated rings. The molecule has 2 aliphatic rings. The Morgan fingerprint density at radius 3 is 2.30 bits per heavy atom. The van der Waals surface area contributed by atoms with E-state index in [1.165, 1.54) is 12.1 Å². The number of piperazine rings is 2. The molecule has 2 saturated heterocycles. The zero-order valence-electron chi connectivity index (χ0n) is 15.8. The molecule has 8 nitrogen and oxygen atoms in total. The number of benzene rings is 1. The molecule has 1 unspecified atom stereocenters. The van der Waals surface area contributed by atoms with E-state index in [1.54, 1.807) is 6.07 Å². The van der Waals surface area contributed by atoms with E-state index in [4.69, 9.17) is 6.42 Å². The number of hydrogen-bond acceptors (Lipinski definition) is 7. The number of hydrazine groups is 1. The fourth-order valence-electron chi connectivity index (χ4n) is 3.73. The van der Waals surface area contributed by atoms with Crippen molar-refractivity contribution in [1.29, 1.82) is 0 Å². The lowest BCUT2D eigenvalue weighted by Crippen LogP contribution is -2.58. The fraction of sp³-hybridized carbons (Fsp3) is 0.579. The van der Waals surface area contributed by atoms with Crippen LogP contribution in [0.2, 0.25) is 0 Å². The van der Waals surface area contributed by atoms with Crippen LogP contribution in [0.25, 0.3) is 0 Å². The van der Waals surface area contributed by atoms with Crippen LogP contribution < -0.4 is 4.90 Å². The van der Waals surface area contributed by atoms with Crippen molar-refractivity contribution in [2.24, 2.45) is 0 Å². The zero-order valence-corrected chi connectivity index (χ0v) is 15.8. The largest absolute Gasteiger partial charge is 0.387 e. The number of rotatable bonds is 5. The van der Waals surface area contributed by atoms with Crippen molar-refractivity contribution in [3.8, 4) is 12.3 Å². The summed E-state index contributed by atoms with van der Waals surface area (Å²) in [5.41, 5.74) is 1.34. The second kappa shape index (κ2) is 8.67. The maximum atomic E-state index is 11.1. The monoisotopic (exact) mass is 373 g/mol. The number of nitro groups is 1. The first-order valence-electron chi connectivity index (χ1n) is 9.32. The lowest BCUT2D eigenvalue weighted by atomic mass is 10.0. The van der Waals surface area contributed by atoms with Gasteiger partial charge in [-0.3, -0.25) is 10.1 Å². The van der Waals surface area contributed by atoms with Crippen molar-refractivity contribution in [3.05, 3.63) is 33.9 Å².